The molecule has 3 heterocycles. The lowest BCUT2D eigenvalue weighted by atomic mass is 9.80. The van der Waals surface area contributed by atoms with Crippen molar-refractivity contribution in [3.63, 3.8) is 0 Å². The van der Waals surface area contributed by atoms with Crippen molar-refractivity contribution in [1.29, 1.82) is 0 Å². The highest BCUT2D eigenvalue weighted by Crippen LogP contribution is 2.38. The van der Waals surface area contributed by atoms with Crippen LogP contribution in [0, 0.1) is 0 Å². The van der Waals surface area contributed by atoms with Crippen LogP contribution in [0.5, 0.6) is 0 Å². The van der Waals surface area contributed by atoms with Crippen LogP contribution in [0.2, 0.25) is 0 Å². The fourth-order valence-electron chi connectivity index (χ4n) is 6.65. The highest BCUT2D eigenvalue weighted by molar-refractivity contribution is 4.97. The number of nitrogens with zero attached hydrogens (tertiary/aromatic N) is 3. The molecule has 9 heteroatoms. The molecule has 0 bridgehead atoms. The Morgan fingerprint density at radius 3 is 0.583 bits per heavy atom. The van der Waals surface area contributed by atoms with Gasteiger partial charge in [0.1, 0.15) is 0 Å². The van der Waals surface area contributed by atoms with E-state index < -0.39 is 0 Å². The van der Waals surface area contributed by atoms with Crippen molar-refractivity contribution >= 4 is 0 Å². The summed E-state index contributed by atoms with van der Waals surface area (Å²) >= 11 is 0. The van der Waals surface area contributed by atoms with E-state index in [9.17, 15) is 30.9 Å². The number of aliphatic hydroxyl groups is 3. The molecule has 216 valence electrons. The van der Waals surface area contributed by atoms with E-state index in [-0.39, 0.29) is 51.5 Å². The van der Waals surface area contributed by atoms with Crippen LogP contribution in [0.3, 0.4) is 0 Å². The van der Waals surface area contributed by atoms with Crippen LogP contribution < -0.4 is 0 Å². The first-order valence-electron chi connectivity index (χ1n) is 13.3. The lowest BCUT2D eigenvalue weighted by Gasteiger charge is -2.50. The quantitative estimate of drug-likeness (QED) is 0.279. The average Bonchev–Trinajstić information content (AvgIpc) is 2.61. The Balaban J connectivity index is 0.000000270. The van der Waals surface area contributed by atoms with Crippen LogP contribution in [-0.4, -0.2) is 97.7 Å². The normalized spacial score (nSPS) is 30.5. The predicted molar refractivity (Wildman–Crippen MR) is 141 cm³/mol. The summed E-state index contributed by atoms with van der Waals surface area (Å²) in [7, 11) is 0. The monoisotopic (exact) mass is 519 g/mol. The summed E-state index contributed by atoms with van der Waals surface area (Å²) in [5.74, 6) is 0. The summed E-state index contributed by atoms with van der Waals surface area (Å²) in [6.45, 7) is 23.3. The van der Waals surface area contributed by atoms with E-state index in [0.29, 0.717) is 38.5 Å². The molecule has 0 atom stereocenters. The molecule has 0 aromatic rings. The summed E-state index contributed by atoms with van der Waals surface area (Å²) in [5.41, 5.74) is -1.91. The minimum atomic E-state index is -0.318. The molecule has 0 spiro atoms. The Bertz CT molecular complexity index is 573. The van der Waals surface area contributed by atoms with Crippen LogP contribution in [0.25, 0.3) is 0 Å². The Morgan fingerprint density at radius 2 is 0.472 bits per heavy atom. The number of piperidine rings is 3. The maximum absolute atomic E-state index is 9.80. The van der Waals surface area contributed by atoms with Gasteiger partial charge in [-0.05, 0) is 122 Å². The third-order valence-corrected chi connectivity index (χ3v) is 7.85. The van der Waals surface area contributed by atoms with Gasteiger partial charge >= 0.3 is 0 Å². The molecule has 3 rings (SSSR count). The first-order valence-corrected chi connectivity index (χ1v) is 13.3. The first kappa shape index (κ1) is 33.7. The van der Waals surface area contributed by atoms with Gasteiger partial charge in [0.15, 0.2) is 0 Å². The minimum absolute atomic E-state index is 0.293. The molecule has 0 unspecified atom stereocenters. The third-order valence-electron chi connectivity index (χ3n) is 7.85. The number of aliphatic hydroxyl groups excluding tert-OH is 3. The van der Waals surface area contributed by atoms with Crippen molar-refractivity contribution in [3.05, 3.63) is 0 Å². The maximum atomic E-state index is 9.80. The summed E-state index contributed by atoms with van der Waals surface area (Å²) < 4.78 is 0. The van der Waals surface area contributed by atoms with Crippen LogP contribution in [0.15, 0.2) is 0 Å². The molecule has 0 amide bonds. The fraction of sp³-hybridized carbons (Fsp3) is 1.00. The first-order chi connectivity index (χ1) is 15.8. The zero-order chi connectivity index (χ0) is 28.7. The summed E-state index contributed by atoms with van der Waals surface area (Å²) in [5, 5.41) is 62.2. The fourth-order valence-corrected chi connectivity index (χ4v) is 6.65. The van der Waals surface area contributed by atoms with Gasteiger partial charge in [-0.3, -0.25) is 0 Å². The van der Waals surface area contributed by atoms with Crippen molar-refractivity contribution in [2.24, 2.45) is 0 Å². The maximum Gasteiger partial charge on any atom is 0.0576 e. The van der Waals surface area contributed by atoms with Gasteiger partial charge in [-0.25, -0.2) is 0 Å². The lowest BCUT2D eigenvalue weighted by Crippen LogP contribution is -2.60. The molecular weight excluding hydrogens is 462 g/mol. The standard InChI is InChI=1S/3C9H19NO2/c3*1-8(2)5-7(11)6-9(3,4)10(8)12/h3*7,11-12H,5-6H2,1-4H3. The molecule has 3 aliphatic rings. The van der Waals surface area contributed by atoms with Crippen LogP contribution in [-0.2, 0) is 0 Å². The van der Waals surface area contributed by atoms with Gasteiger partial charge in [0.05, 0.1) is 18.3 Å². The molecule has 3 aliphatic heterocycles. The molecule has 6 N–H and O–H groups in total. The number of hydrogen-bond acceptors (Lipinski definition) is 9. The van der Waals surface area contributed by atoms with Gasteiger partial charge in [-0.15, -0.1) is 0 Å². The topological polar surface area (TPSA) is 131 Å². The summed E-state index contributed by atoms with van der Waals surface area (Å²) in [6.07, 6.45) is 2.91. The molecule has 0 aliphatic carbocycles. The van der Waals surface area contributed by atoms with E-state index in [1.54, 1.807) is 0 Å². The van der Waals surface area contributed by atoms with E-state index in [1.165, 1.54) is 15.2 Å². The zero-order valence-electron chi connectivity index (χ0n) is 25.0. The Morgan fingerprint density at radius 1 is 0.361 bits per heavy atom. The Labute approximate surface area is 219 Å². The van der Waals surface area contributed by atoms with E-state index >= 15 is 0 Å². The van der Waals surface area contributed by atoms with E-state index in [4.69, 9.17) is 0 Å². The second-order valence-electron chi connectivity index (χ2n) is 15.0. The Hall–Kier alpha value is -0.360. The SMILES string of the molecule is CC1(C)CC(O)CC(C)(C)N1O.CC1(C)CC(O)CC(C)(C)N1O.CC1(C)CC(O)CC(C)(C)N1O. The number of rotatable bonds is 0. The van der Waals surface area contributed by atoms with Gasteiger partial charge in [0, 0.05) is 33.2 Å². The second-order valence-corrected chi connectivity index (χ2v) is 15.0. The molecule has 0 aromatic carbocycles. The summed E-state index contributed by atoms with van der Waals surface area (Å²) in [6, 6.07) is 0. The Kier molecular flexibility index (Phi) is 10.3. The van der Waals surface area contributed by atoms with Gasteiger partial charge < -0.3 is 30.9 Å². The van der Waals surface area contributed by atoms with Gasteiger partial charge in [-0.2, -0.15) is 15.2 Å². The predicted octanol–water partition coefficient (Wildman–Crippen LogP) is 4.17. The third kappa shape index (κ3) is 8.32. The largest absolute Gasteiger partial charge is 0.393 e. The van der Waals surface area contributed by atoms with Gasteiger partial charge in [-0.1, -0.05) is 0 Å². The van der Waals surface area contributed by atoms with E-state index in [0.717, 1.165) is 0 Å². The molecular formula is C27H57N3O6. The van der Waals surface area contributed by atoms with Crippen molar-refractivity contribution in [2.75, 3.05) is 0 Å². The lowest BCUT2D eigenvalue weighted by molar-refractivity contribution is -0.257. The minimum Gasteiger partial charge on any atom is -0.393 e. The zero-order valence-corrected chi connectivity index (χ0v) is 25.0. The van der Waals surface area contributed by atoms with Crippen molar-refractivity contribution in [3.8, 4) is 0 Å². The van der Waals surface area contributed by atoms with Gasteiger partial charge in [0.25, 0.3) is 0 Å². The molecule has 3 saturated heterocycles. The molecule has 0 saturated carbocycles. The van der Waals surface area contributed by atoms with E-state index in [2.05, 4.69) is 0 Å². The summed E-state index contributed by atoms with van der Waals surface area (Å²) in [4.78, 5) is 0. The number of hydroxylamine groups is 6. The van der Waals surface area contributed by atoms with Crippen molar-refractivity contribution < 1.29 is 30.9 Å². The number of hydrogen-bond donors (Lipinski definition) is 6. The second kappa shape index (κ2) is 11.0. The van der Waals surface area contributed by atoms with Gasteiger partial charge in [0.2, 0.25) is 0 Å². The molecule has 36 heavy (non-hydrogen) atoms. The highest BCUT2D eigenvalue weighted by atomic mass is 16.5. The van der Waals surface area contributed by atoms with E-state index in [1.807, 2.05) is 83.1 Å². The van der Waals surface area contributed by atoms with Crippen molar-refractivity contribution in [1.82, 2.24) is 15.2 Å². The molecule has 3 fully saturated rings. The molecule has 9 nitrogen and oxygen atoms in total. The van der Waals surface area contributed by atoms with Crippen LogP contribution >= 0.6 is 0 Å². The smallest absolute Gasteiger partial charge is 0.0576 e. The van der Waals surface area contributed by atoms with Crippen LogP contribution in [0.1, 0.15) is 122 Å². The van der Waals surface area contributed by atoms with Crippen molar-refractivity contribution in [2.45, 2.75) is 173 Å². The average molecular weight is 520 g/mol. The van der Waals surface area contributed by atoms with Crippen LogP contribution in [0.4, 0.5) is 0 Å². The highest BCUT2D eigenvalue weighted by Gasteiger charge is 2.46. The molecule has 0 aromatic heterocycles. The molecule has 0 radical (unpaired) electrons.